The number of aromatic nitrogens is 3. The molecule has 0 saturated heterocycles. The highest BCUT2D eigenvalue weighted by Gasteiger charge is 2.50. The van der Waals surface area contributed by atoms with Crippen LogP contribution < -0.4 is 0 Å². The second-order valence-electron chi connectivity index (χ2n) is 7.17. The number of pyridine rings is 1. The molecule has 0 aliphatic heterocycles. The fourth-order valence-electron chi connectivity index (χ4n) is 4.49. The van der Waals surface area contributed by atoms with Gasteiger partial charge in [0.25, 0.3) is 0 Å². The normalized spacial score (nSPS) is 25.4. The van der Waals surface area contributed by atoms with Crippen LogP contribution in [0, 0.1) is 5.92 Å². The zero-order valence-electron chi connectivity index (χ0n) is 12.9. The molecule has 118 valence electrons. The molecule has 3 aliphatic rings. The molecule has 2 fully saturated rings. The van der Waals surface area contributed by atoms with Crippen molar-refractivity contribution < 1.29 is 9.90 Å². The predicted molar refractivity (Wildman–Crippen MR) is 84.1 cm³/mol. The fourth-order valence-corrected chi connectivity index (χ4v) is 4.49. The van der Waals surface area contributed by atoms with Gasteiger partial charge in [-0.25, -0.2) is 14.5 Å². The van der Waals surface area contributed by atoms with Crippen molar-refractivity contribution in [3.05, 3.63) is 40.8 Å². The van der Waals surface area contributed by atoms with Gasteiger partial charge in [0.15, 0.2) is 11.5 Å². The molecule has 0 aromatic carbocycles. The van der Waals surface area contributed by atoms with Gasteiger partial charge in [-0.3, -0.25) is 0 Å². The van der Waals surface area contributed by atoms with Crippen molar-refractivity contribution in [2.45, 2.75) is 50.4 Å². The minimum atomic E-state index is -0.927. The molecule has 0 spiro atoms. The van der Waals surface area contributed by atoms with Crippen molar-refractivity contribution >= 4 is 5.97 Å². The molecule has 1 N–H and O–H groups in total. The zero-order valence-corrected chi connectivity index (χ0v) is 12.9. The van der Waals surface area contributed by atoms with Gasteiger partial charge in [0.1, 0.15) is 0 Å². The molecule has 5 rings (SSSR count). The summed E-state index contributed by atoms with van der Waals surface area (Å²) in [5.41, 5.74) is 3.54. The first-order chi connectivity index (χ1) is 11.2. The highest BCUT2D eigenvalue weighted by Crippen LogP contribution is 2.57. The minimum Gasteiger partial charge on any atom is -0.476 e. The lowest BCUT2D eigenvalue weighted by Crippen LogP contribution is -2.06. The third-order valence-corrected chi connectivity index (χ3v) is 5.78. The van der Waals surface area contributed by atoms with Gasteiger partial charge in [-0.15, -0.1) is 0 Å². The second-order valence-corrected chi connectivity index (χ2v) is 7.17. The van der Waals surface area contributed by atoms with Gasteiger partial charge in [-0.1, -0.05) is 18.9 Å². The monoisotopic (exact) mass is 309 g/mol. The average molecular weight is 309 g/mol. The van der Waals surface area contributed by atoms with Crippen LogP contribution >= 0.6 is 0 Å². The van der Waals surface area contributed by atoms with Crippen LogP contribution in [0.4, 0.5) is 0 Å². The van der Waals surface area contributed by atoms with Gasteiger partial charge < -0.3 is 5.11 Å². The Labute approximate surface area is 134 Å². The lowest BCUT2D eigenvalue weighted by Gasteiger charge is -2.10. The maximum Gasteiger partial charge on any atom is 0.356 e. The number of hydrogen-bond acceptors (Lipinski definition) is 3. The number of rotatable bonds is 3. The van der Waals surface area contributed by atoms with Crippen LogP contribution in [0.15, 0.2) is 18.3 Å². The Morgan fingerprint density at radius 1 is 1.26 bits per heavy atom. The number of carbonyl (C=O) groups is 1. The van der Waals surface area contributed by atoms with E-state index in [2.05, 4.69) is 16.1 Å². The molecule has 2 aromatic rings. The molecule has 2 atom stereocenters. The van der Waals surface area contributed by atoms with Crippen molar-refractivity contribution in [3.8, 4) is 5.82 Å². The molecule has 0 radical (unpaired) electrons. The fraction of sp³-hybridized carbons (Fsp3) is 0.500. The maximum atomic E-state index is 11.5. The summed E-state index contributed by atoms with van der Waals surface area (Å²) >= 11 is 0. The van der Waals surface area contributed by atoms with Crippen LogP contribution in [0.3, 0.4) is 0 Å². The summed E-state index contributed by atoms with van der Waals surface area (Å²) in [6.45, 7) is 0. The average Bonchev–Trinajstić information content (AvgIpc) is 2.99. The second kappa shape index (κ2) is 4.66. The smallest absolute Gasteiger partial charge is 0.356 e. The summed E-state index contributed by atoms with van der Waals surface area (Å²) in [5, 5.41) is 13.8. The number of carboxylic acids is 1. The van der Waals surface area contributed by atoms with E-state index in [1.807, 2.05) is 12.3 Å². The van der Waals surface area contributed by atoms with Crippen molar-refractivity contribution in [1.29, 1.82) is 0 Å². The van der Waals surface area contributed by atoms with Crippen LogP contribution in [-0.2, 0) is 6.42 Å². The molecule has 2 heterocycles. The molecule has 23 heavy (non-hydrogen) atoms. The topological polar surface area (TPSA) is 68.0 Å². The summed E-state index contributed by atoms with van der Waals surface area (Å²) in [6.07, 6.45) is 9.11. The van der Waals surface area contributed by atoms with E-state index in [-0.39, 0.29) is 5.69 Å². The number of carboxylic acid groups (broad SMARTS) is 1. The first kappa shape index (κ1) is 13.3. The molecular weight excluding hydrogens is 290 g/mol. The van der Waals surface area contributed by atoms with Crippen LogP contribution in [0.5, 0.6) is 0 Å². The van der Waals surface area contributed by atoms with E-state index in [0.29, 0.717) is 17.8 Å². The van der Waals surface area contributed by atoms with E-state index in [1.54, 1.807) is 4.68 Å². The summed E-state index contributed by atoms with van der Waals surface area (Å²) in [4.78, 5) is 16.1. The van der Waals surface area contributed by atoms with Crippen LogP contribution in [0.25, 0.3) is 5.82 Å². The van der Waals surface area contributed by atoms with Crippen molar-refractivity contribution in [1.82, 2.24) is 14.8 Å². The van der Waals surface area contributed by atoms with E-state index in [1.165, 1.54) is 31.2 Å². The van der Waals surface area contributed by atoms with Gasteiger partial charge >= 0.3 is 5.97 Å². The predicted octanol–water partition coefficient (Wildman–Crippen LogP) is 3.28. The lowest BCUT2D eigenvalue weighted by atomic mass is 10.00. The number of aromatic carboxylic acids is 1. The van der Waals surface area contributed by atoms with Crippen molar-refractivity contribution in [3.63, 3.8) is 0 Å². The van der Waals surface area contributed by atoms with Gasteiger partial charge in [-0.2, -0.15) is 5.10 Å². The Morgan fingerprint density at radius 3 is 2.78 bits per heavy atom. The first-order valence-corrected chi connectivity index (χ1v) is 8.54. The number of nitrogens with zero attached hydrogens (tertiary/aromatic N) is 3. The molecule has 0 unspecified atom stereocenters. The molecule has 0 amide bonds. The Kier molecular flexibility index (Phi) is 2.69. The van der Waals surface area contributed by atoms with E-state index in [9.17, 15) is 9.90 Å². The Hall–Kier alpha value is -2.17. The third kappa shape index (κ3) is 1.95. The molecule has 3 aliphatic carbocycles. The van der Waals surface area contributed by atoms with Crippen molar-refractivity contribution in [2.75, 3.05) is 0 Å². The Balaban J connectivity index is 1.54. The summed E-state index contributed by atoms with van der Waals surface area (Å²) in [5.74, 6) is 1.58. The molecule has 2 aromatic heterocycles. The molecular formula is C18H19N3O2. The summed E-state index contributed by atoms with van der Waals surface area (Å²) < 4.78 is 1.79. The Morgan fingerprint density at radius 2 is 2.09 bits per heavy atom. The summed E-state index contributed by atoms with van der Waals surface area (Å²) in [6, 6.07) is 4.15. The number of fused-ring (bicyclic) bond motifs is 3. The standard InChI is InChI=1S/C18H19N3O2/c22-18(23)16-14-8-12-7-13(12)17(14)21(20-16)15-6-5-11(9-19-15)10-3-1-2-4-10/h5-6,9-10,12-13H,1-4,7-8H2,(H,22,23)/t12-,13-/m0/s1. The van der Waals surface area contributed by atoms with Gasteiger partial charge in [-0.05, 0) is 49.1 Å². The minimum absolute atomic E-state index is 0.217. The highest BCUT2D eigenvalue weighted by molar-refractivity contribution is 5.88. The number of hydrogen-bond donors (Lipinski definition) is 1. The molecule has 5 heteroatoms. The van der Waals surface area contributed by atoms with E-state index in [4.69, 9.17) is 0 Å². The van der Waals surface area contributed by atoms with E-state index in [0.717, 1.165) is 29.9 Å². The van der Waals surface area contributed by atoms with Crippen molar-refractivity contribution in [2.24, 2.45) is 5.92 Å². The summed E-state index contributed by atoms with van der Waals surface area (Å²) in [7, 11) is 0. The largest absolute Gasteiger partial charge is 0.476 e. The van der Waals surface area contributed by atoms with Crippen LogP contribution in [0.1, 0.15) is 71.2 Å². The molecule has 0 bridgehead atoms. The maximum absolute atomic E-state index is 11.5. The van der Waals surface area contributed by atoms with Crippen LogP contribution in [-0.4, -0.2) is 25.8 Å². The molecule has 2 saturated carbocycles. The lowest BCUT2D eigenvalue weighted by molar-refractivity contribution is 0.0688. The van der Waals surface area contributed by atoms with Gasteiger partial charge in [0.2, 0.25) is 0 Å². The quantitative estimate of drug-likeness (QED) is 0.944. The Bertz CT molecular complexity index is 787. The van der Waals surface area contributed by atoms with Gasteiger partial charge in [0.05, 0.1) is 5.69 Å². The third-order valence-electron chi connectivity index (χ3n) is 5.78. The zero-order chi connectivity index (χ0) is 15.6. The van der Waals surface area contributed by atoms with E-state index >= 15 is 0 Å². The first-order valence-electron chi connectivity index (χ1n) is 8.54. The van der Waals surface area contributed by atoms with Crippen LogP contribution in [0.2, 0.25) is 0 Å². The molecule has 5 nitrogen and oxygen atoms in total. The van der Waals surface area contributed by atoms with Gasteiger partial charge in [0, 0.05) is 17.7 Å². The highest BCUT2D eigenvalue weighted by atomic mass is 16.4. The SMILES string of the molecule is O=C(O)c1nn(-c2ccc(C3CCCC3)cn2)c2c1C[C@@H]1C[C@H]21. The van der Waals surface area contributed by atoms with E-state index < -0.39 is 5.97 Å².